The Labute approximate surface area is 269 Å². The zero-order chi connectivity index (χ0) is 31.8. The molecule has 3 heterocycles. The number of benzene rings is 4. The summed E-state index contributed by atoms with van der Waals surface area (Å²) < 4.78 is 13.3. The summed E-state index contributed by atoms with van der Waals surface area (Å²) in [7, 11) is 3.31. The molecule has 4 aromatic carbocycles. The summed E-state index contributed by atoms with van der Waals surface area (Å²) in [6.45, 7) is 8.29. The van der Waals surface area contributed by atoms with Crippen molar-refractivity contribution in [2.75, 3.05) is 42.4 Å². The van der Waals surface area contributed by atoms with E-state index in [1.807, 2.05) is 72.3 Å². The molecule has 0 saturated heterocycles. The number of ether oxygens (including phenoxy) is 2. The number of hydrogen-bond donors (Lipinski definition) is 1. The third-order valence-electron chi connectivity index (χ3n) is 8.62. The van der Waals surface area contributed by atoms with E-state index < -0.39 is 0 Å². The molecule has 0 aliphatic carbocycles. The van der Waals surface area contributed by atoms with Crippen LogP contribution in [0.4, 0.5) is 28.6 Å². The van der Waals surface area contributed by atoms with Crippen molar-refractivity contribution in [1.29, 1.82) is 0 Å². The Morgan fingerprint density at radius 3 is 2.24 bits per heavy atom. The first-order valence-electron chi connectivity index (χ1n) is 15.6. The van der Waals surface area contributed by atoms with Crippen LogP contribution >= 0.6 is 0 Å². The van der Waals surface area contributed by atoms with Gasteiger partial charge in [0.25, 0.3) is 0 Å². The van der Waals surface area contributed by atoms with E-state index in [-0.39, 0.29) is 6.04 Å². The van der Waals surface area contributed by atoms with E-state index in [0.29, 0.717) is 23.2 Å². The van der Waals surface area contributed by atoms with E-state index >= 15 is 0 Å². The number of fused-ring (bicyclic) bond motifs is 4. The van der Waals surface area contributed by atoms with Crippen LogP contribution in [-0.4, -0.2) is 48.8 Å². The van der Waals surface area contributed by atoms with Crippen molar-refractivity contribution >= 4 is 40.2 Å². The molecular formula is C37H37N7O2. The lowest BCUT2D eigenvalue weighted by Gasteiger charge is -2.40. The molecule has 2 aliphatic rings. The Morgan fingerprint density at radius 2 is 1.52 bits per heavy atom. The molecule has 0 bridgehead atoms. The smallest absolute Gasteiger partial charge is 0.179 e. The van der Waals surface area contributed by atoms with Gasteiger partial charge in [0.2, 0.25) is 0 Å². The second-order valence-electron chi connectivity index (χ2n) is 11.2. The molecule has 1 N–H and O–H groups in total. The fourth-order valence-electron chi connectivity index (χ4n) is 6.37. The highest BCUT2D eigenvalue weighted by molar-refractivity contribution is 6.51. The van der Waals surface area contributed by atoms with Crippen molar-refractivity contribution < 1.29 is 9.47 Å². The first-order valence-corrected chi connectivity index (χ1v) is 15.6. The summed E-state index contributed by atoms with van der Waals surface area (Å²) in [5.41, 5.74) is 7.78. The van der Waals surface area contributed by atoms with Gasteiger partial charge in [-0.25, -0.2) is 14.7 Å². The zero-order valence-corrected chi connectivity index (χ0v) is 26.7. The van der Waals surface area contributed by atoms with Crippen molar-refractivity contribution in [1.82, 2.24) is 9.78 Å². The van der Waals surface area contributed by atoms with Gasteiger partial charge in [0, 0.05) is 30.0 Å². The molecule has 1 atom stereocenters. The summed E-state index contributed by atoms with van der Waals surface area (Å²) in [6, 6.07) is 32.6. The fraction of sp³-hybridized carbons (Fsp3) is 0.216. The Morgan fingerprint density at radius 1 is 0.804 bits per heavy atom. The average Bonchev–Trinajstić information content (AvgIpc) is 3.44. The molecule has 0 fully saturated rings. The highest BCUT2D eigenvalue weighted by Gasteiger charge is 2.41. The number of nitrogens with one attached hydrogen (secondary N) is 1. The fourth-order valence-corrected chi connectivity index (χ4v) is 6.37. The van der Waals surface area contributed by atoms with Crippen molar-refractivity contribution in [3.63, 3.8) is 0 Å². The van der Waals surface area contributed by atoms with E-state index in [2.05, 4.69) is 65.4 Å². The Hall–Kier alpha value is -5.57. The van der Waals surface area contributed by atoms with Gasteiger partial charge in [-0.1, -0.05) is 36.4 Å². The standard InChI is InChI=1S/C37H37N7O2/c1-6-42(7-2)27-20-18-26(19-21-27)38-35-37-40-36-33(24(3)41-44(36)28-13-9-8-10-14-28)34(25-17-22-31(45-4)32(23-25)46-5)43(37)30-16-12-11-15-29(30)39-35/h8-23,34H,6-7H2,1-5H3,(H,38,39)/t34-/m0/s1. The largest absolute Gasteiger partial charge is 0.493 e. The van der Waals surface area contributed by atoms with Crippen LogP contribution in [0.15, 0.2) is 107 Å². The van der Waals surface area contributed by atoms with E-state index in [1.165, 1.54) is 5.69 Å². The summed E-state index contributed by atoms with van der Waals surface area (Å²) in [5.74, 6) is 3.45. The van der Waals surface area contributed by atoms with Gasteiger partial charge < -0.3 is 24.6 Å². The number of rotatable bonds is 8. The van der Waals surface area contributed by atoms with Gasteiger partial charge in [-0.15, -0.1) is 0 Å². The van der Waals surface area contributed by atoms with E-state index in [9.17, 15) is 0 Å². The molecular weight excluding hydrogens is 574 g/mol. The van der Waals surface area contributed by atoms with Crippen molar-refractivity contribution in [3.8, 4) is 17.2 Å². The number of para-hydroxylation sites is 3. The van der Waals surface area contributed by atoms with Crippen LogP contribution in [0.2, 0.25) is 0 Å². The summed E-state index contributed by atoms with van der Waals surface area (Å²) in [5, 5.41) is 8.66. The molecule has 0 unspecified atom stereocenters. The maximum absolute atomic E-state index is 5.77. The predicted octanol–water partition coefficient (Wildman–Crippen LogP) is 7.84. The SMILES string of the molecule is CCN(CC)c1ccc(NC2=Nc3ccccc3N3C2=Nc2c(c(C)nn2-c2ccccc2)[C@@H]3c2ccc(OC)c(OC)c2)cc1. The number of amidine groups is 2. The molecule has 9 heteroatoms. The van der Waals surface area contributed by atoms with Gasteiger partial charge >= 0.3 is 0 Å². The maximum atomic E-state index is 5.77. The second-order valence-corrected chi connectivity index (χ2v) is 11.2. The normalized spacial score (nSPS) is 14.8. The predicted molar refractivity (Wildman–Crippen MR) is 186 cm³/mol. The lowest BCUT2D eigenvalue weighted by atomic mass is 9.93. The van der Waals surface area contributed by atoms with Crippen LogP contribution in [0.5, 0.6) is 11.5 Å². The Balaban J connectivity index is 1.43. The molecule has 7 rings (SSSR count). The van der Waals surface area contributed by atoms with Crippen molar-refractivity contribution in [2.45, 2.75) is 26.8 Å². The molecule has 46 heavy (non-hydrogen) atoms. The first kappa shape index (κ1) is 29.2. The highest BCUT2D eigenvalue weighted by Crippen LogP contribution is 2.49. The van der Waals surface area contributed by atoms with Gasteiger partial charge in [-0.05, 0) is 87.0 Å². The van der Waals surface area contributed by atoms with Gasteiger partial charge in [0.05, 0.1) is 43.0 Å². The Kier molecular flexibility index (Phi) is 7.66. The number of hydrogen-bond acceptors (Lipinski definition) is 8. The molecule has 9 nitrogen and oxygen atoms in total. The molecule has 5 aromatic rings. The lowest BCUT2D eigenvalue weighted by molar-refractivity contribution is 0.354. The molecule has 2 aliphatic heterocycles. The zero-order valence-electron chi connectivity index (χ0n) is 26.7. The number of methoxy groups -OCH3 is 2. The van der Waals surface area contributed by atoms with E-state index in [0.717, 1.165) is 58.5 Å². The minimum absolute atomic E-state index is 0.279. The van der Waals surface area contributed by atoms with Crippen LogP contribution in [-0.2, 0) is 0 Å². The van der Waals surface area contributed by atoms with Crippen LogP contribution < -0.4 is 24.6 Å². The molecule has 232 valence electrons. The quantitative estimate of drug-likeness (QED) is 0.193. The number of aromatic nitrogens is 2. The third-order valence-corrected chi connectivity index (χ3v) is 8.62. The lowest BCUT2D eigenvalue weighted by Crippen LogP contribution is -2.46. The summed E-state index contributed by atoms with van der Waals surface area (Å²) in [4.78, 5) is 15.1. The highest BCUT2D eigenvalue weighted by atomic mass is 16.5. The number of aliphatic imine (C=N–C) groups is 2. The first-order chi connectivity index (χ1) is 22.5. The maximum Gasteiger partial charge on any atom is 0.179 e. The third kappa shape index (κ3) is 4.94. The minimum atomic E-state index is -0.279. The van der Waals surface area contributed by atoms with Gasteiger partial charge in [-0.3, -0.25) is 0 Å². The van der Waals surface area contributed by atoms with Gasteiger partial charge in [0.15, 0.2) is 29.0 Å². The monoisotopic (exact) mass is 611 g/mol. The van der Waals surface area contributed by atoms with Crippen molar-refractivity contribution in [3.05, 3.63) is 114 Å². The summed E-state index contributed by atoms with van der Waals surface area (Å²) >= 11 is 0. The second kappa shape index (κ2) is 12.1. The number of nitrogens with zero attached hydrogens (tertiary/aromatic N) is 6. The van der Waals surface area contributed by atoms with Gasteiger partial charge in [-0.2, -0.15) is 5.10 Å². The number of aryl methyl sites for hydroxylation is 1. The van der Waals surface area contributed by atoms with E-state index in [1.54, 1.807) is 14.2 Å². The molecule has 0 amide bonds. The van der Waals surface area contributed by atoms with Crippen molar-refractivity contribution in [2.24, 2.45) is 9.98 Å². The average molecular weight is 612 g/mol. The van der Waals surface area contributed by atoms with E-state index in [4.69, 9.17) is 24.6 Å². The summed E-state index contributed by atoms with van der Waals surface area (Å²) in [6.07, 6.45) is 0. The molecule has 1 aromatic heterocycles. The van der Waals surface area contributed by atoms with Crippen LogP contribution in [0.3, 0.4) is 0 Å². The Bertz CT molecular complexity index is 1940. The van der Waals surface area contributed by atoms with Crippen LogP contribution in [0.1, 0.15) is 36.7 Å². The molecule has 0 radical (unpaired) electrons. The van der Waals surface area contributed by atoms with Crippen LogP contribution in [0, 0.1) is 6.92 Å². The molecule has 0 saturated carbocycles. The topological polar surface area (TPSA) is 79.5 Å². The number of anilines is 3. The van der Waals surface area contributed by atoms with Gasteiger partial charge in [0.1, 0.15) is 0 Å². The van der Waals surface area contributed by atoms with Crippen LogP contribution in [0.25, 0.3) is 5.69 Å². The molecule has 0 spiro atoms. The minimum Gasteiger partial charge on any atom is -0.493 e.